The highest BCUT2D eigenvalue weighted by Gasteiger charge is 2.31. The SMILES string of the molecule is Cc1cc(NC2=CN(Nc3ccc4c(=O)[nH][nH]c4c3)CC3=NC=C[NH+]23)n[nH]1. The molecule has 1 unspecified atom stereocenters. The van der Waals surface area contributed by atoms with E-state index in [-0.39, 0.29) is 5.56 Å². The van der Waals surface area contributed by atoms with Gasteiger partial charge in [-0.05, 0) is 25.1 Å². The highest BCUT2D eigenvalue weighted by atomic mass is 16.1. The largest absolute Gasteiger partial charge is 0.298 e. The van der Waals surface area contributed by atoms with E-state index in [0.717, 1.165) is 39.3 Å². The predicted molar refractivity (Wildman–Crippen MR) is 102 cm³/mol. The maximum atomic E-state index is 11.7. The van der Waals surface area contributed by atoms with Crippen LogP contribution in [-0.2, 0) is 0 Å². The Morgan fingerprint density at radius 3 is 3.04 bits per heavy atom. The van der Waals surface area contributed by atoms with Gasteiger partial charge in [-0.2, -0.15) is 5.10 Å². The topological polar surface area (TPSA) is 121 Å². The van der Waals surface area contributed by atoms with Crippen LogP contribution in [-0.4, -0.2) is 37.8 Å². The molecular formula is C17H18N9O+. The quantitative estimate of drug-likeness (QED) is 0.395. The van der Waals surface area contributed by atoms with Crippen molar-refractivity contribution < 1.29 is 4.90 Å². The van der Waals surface area contributed by atoms with Crippen molar-refractivity contribution in [1.29, 1.82) is 0 Å². The molecule has 0 saturated carbocycles. The molecule has 0 bridgehead atoms. The van der Waals surface area contributed by atoms with E-state index < -0.39 is 0 Å². The van der Waals surface area contributed by atoms with E-state index in [2.05, 4.69) is 36.1 Å². The van der Waals surface area contributed by atoms with Gasteiger partial charge in [0.15, 0.2) is 5.82 Å². The van der Waals surface area contributed by atoms with Gasteiger partial charge in [0.2, 0.25) is 11.7 Å². The molecule has 3 aromatic rings. The standard InChI is InChI=1S/C17H17N9O/c1-10-6-14(22-20-10)19-16-9-25(8-15-18-4-5-26(15)16)24-11-2-3-12-13(7-11)21-23-17(12)27/h2-7,9,24H,8H2,1H3,(H2,19,20,22)(H2,21,23,27)/p+1. The third kappa shape index (κ3) is 2.77. The first-order valence-electron chi connectivity index (χ1n) is 8.51. The van der Waals surface area contributed by atoms with E-state index in [0.29, 0.717) is 11.9 Å². The summed E-state index contributed by atoms with van der Waals surface area (Å²) in [5, 5.41) is 18.5. The number of benzene rings is 1. The summed E-state index contributed by atoms with van der Waals surface area (Å²) in [6.07, 6.45) is 5.77. The molecule has 4 heterocycles. The van der Waals surface area contributed by atoms with E-state index in [1.54, 1.807) is 12.3 Å². The van der Waals surface area contributed by atoms with Crippen LogP contribution in [0.2, 0.25) is 0 Å². The van der Waals surface area contributed by atoms with Gasteiger partial charge in [0.25, 0.3) is 5.56 Å². The number of aromatic amines is 3. The Labute approximate surface area is 153 Å². The van der Waals surface area contributed by atoms with Crippen molar-refractivity contribution >= 4 is 28.2 Å². The van der Waals surface area contributed by atoms with Crippen molar-refractivity contribution in [3.8, 4) is 0 Å². The monoisotopic (exact) mass is 364 g/mol. The zero-order valence-corrected chi connectivity index (χ0v) is 14.5. The minimum absolute atomic E-state index is 0.124. The molecule has 0 spiro atoms. The molecular weight excluding hydrogens is 346 g/mol. The molecule has 136 valence electrons. The van der Waals surface area contributed by atoms with Crippen LogP contribution in [0.3, 0.4) is 0 Å². The van der Waals surface area contributed by atoms with Gasteiger partial charge in [0, 0.05) is 11.8 Å². The molecule has 10 heteroatoms. The molecule has 0 radical (unpaired) electrons. The average Bonchev–Trinajstić information content (AvgIpc) is 3.36. The van der Waals surface area contributed by atoms with Crippen molar-refractivity contribution in [3.63, 3.8) is 0 Å². The van der Waals surface area contributed by atoms with Crippen LogP contribution in [0.15, 0.2) is 58.5 Å². The number of hydrogen-bond donors (Lipinski definition) is 6. The Morgan fingerprint density at radius 2 is 2.19 bits per heavy atom. The molecule has 0 amide bonds. The molecule has 1 atom stereocenters. The number of aromatic nitrogens is 4. The van der Waals surface area contributed by atoms with Crippen LogP contribution < -0.4 is 21.2 Å². The molecule has 0 fully saturated rings. The van der Waals surface area contributed by atoms with E-state index in [1.165, 1.54) is 0 Å². The number of fused-ring (bicyclic) bond motifs is 2. The summed E-state index contributed by atoms with van der Waals surface area (Å²) in [7, 11) is 0. The number of H-pyrrole nitrogens is 3. The van der Waals surface area contributed by atoms with Crippen LogP contribution in [0.5, 0.6) is 0 Å². The summed E-state index contributed by atoms with van der Waals surface area (Å²) in [5.74, 6) is 2.62. The van der Waals surface area contributed by atoms with E-state index >= 15 is 0 Å². The lowest BCUT2D eigenvalue weighted by Gasteiger charge is -2.29. The highest BCUT2D eigenvalue weighted by molar-refractivity contribution is 5.82. The molecule has 6 N–H and O–H groups in total. The van der Waals surface area contributed by atoms with Crippen molar-refractivity contribution in [3.05, 3.63) is 64.7 Å². The lowest BCUT2D eigenvalue weighted by Crippen LogP contribution is -3.10. The number of aliphatic imine (C=N–C) groups is 1. The van der Waals surface area contributed by atoms with Gasteiger partial charge < -0.3 is 0 Å². The summed E-state index contributed by atoms with van der Waals surface area (Å²) in [5.41, 5.74) is 5.82. The van der Waals surface area contributed by atoms with Gasteiger partial charge in [0.05, 0.1) is 22.8 Å². The Morgan fingerprint density at radius 1 is 1.26 bits per heavy atom. The fraction of sp³-hybridized carbons (Fsp3) is 0.118. The zero-order chi connectivity index (χ0) is 18.4. The lowest BCUT2D eigenvalue weighted by atomic mass is 10.2. The van der Waals surface area contributed by atoms with Crippen LogP contribution in [0.1, 0.15) is 5.69 Å². The smallest absolute Gasteiger partial charge is 0.271 e. The first kappa shape index (κ1) is 15.5. The van der Waals surface area contributed by atoms with Crippen molar-refractivity contribution in [2.24, 2.45) is 4.99 Å². The minimum Gasteiger partial charge on any atom is -0.298 e. The van der Waals surface area contributed by atoms with Crippen LogP contribution >= 0.6 is 0 Å². The molecule has 2 aromatic heterocycles. The van der Waals surface area contributed by atoms with Gasteiger partial charge >= 0.3 is 0 Å². The summed E-state index contributed by atoms with van der Waals surface area (Å²) in [6.45, 7) is 2.58. The number of quaternary nitrogens is 1. The lowest BCUT2D eigenvalue weighted by molar-refractivity contribution is -0.700. The van der Waals surface area contributed by atoms with Crippen molar-refractivity contribution in [2.75, 3.05) is 17.3 Å². The van der Waals surface area contributed by atoms with Crippen LogP contribution in [0.25, 0.3) is 10.9 Å². The van der Waals surface area contributed by atoms with Crippen LogP contribution in [0, 0.1) is 6.92 Å². The third-order valence-corrected chi connectivity index (χ3v) is 4.49. The molecule has 1 aromatic carbocycles. The fourth-order valence-corrected chi connectivity index (χ4v) is 3.24. The van der Waals surface area contributed by atoms with Crippen LogP contribution in [0.4, 0.5) is 11.5 Å². The van der Waals surface area contributed by atoms with E-state index in [4.69, 9.17) is 0 Å². The molecule has 5 rings (SSSR count). The maximum absolute atomic E-state index is 11.7. The normalized spacial score (nSPS) is 18.4. The van der Waals surface area contributed by atoms with Gasteiger partial charge in [0.1, 0.15) is 18.9 Å². The average molecular weight is 364 g/mol. The second kappa shape index (κ2) is 5.88. The van der Waals surface area contributed by atoms with Gasteiger partial charge in [-0.15, -0.1) is 0 Å². The van der Waals surface area contributed by atoms with Gasteiger partial charge in [-0.1, -0.05) is 0 Å². The summed E-state index contributed by atoms with van der Waals surface area (Å²) in [6, 6.07) is 7.49. The first-order chi connectivity index (χ1) is 13.2. The number of hydrogen-bond acceptors (Lipinski definition) is 6. The molecule has 2 aliphatic heterocycles. The highest BCUT2D eigenvalue weighted by Crippen LogP contribution is 2.16. The Hall–Kier alpha value is -3.79. The summed E-state index contributed by atoms with van der Waals surface area (Å²) >= 11 is 0. The molecule has 0 saturated heterocycles. The van der Waals surface area contributed by atoms with Gasteiger partial charge in [-0.25, -0.2) is 9.89 Å². The molecule has 10 nitrogen and oxygen atoms in total. The molecule has 2 aliphatic rings. The number of anilines is 2. The number of aryl methyl sites for hydroxylation is 1. The second-order valence-electron chi connectivity index (χ2n) is 6.49. The van der Waals surface area contributed by atoms with Gasteiger partial charge in [-0.3, -0.25) is 35.8 Å². The fourth-order valence-electron chi connectivity index (χ4n) is 3.24. The number of rotatable bonds is 4. The van der Waals surface area contributed by atoms with E-state index in [9.17, 15) is 4.79 Å². The Kier molecular flexibility index (Phi) is 3.37. The third-order valence-electron chi connectivity index (χ3n) is 4.49. The van der Waals surface area contributed by atoms with Crippen molar-refractivity contribution in [2.45, 2.75) is 6.92 Å². The summed E-state index contributed by atoms with van der Waals surface area (Å²) in [4.78, 5) is 17.2. The second-order valence-corrected chi connectivity index (χ2v) is 6.49. The van der Waals surface area contributed by atoms with E-state index in [1.807, 2.05) is 42.5 Å². The number of hydrazine groups is 1. The molecule has 0 aliphatic carbocycles. The zero-order valence-electron chi connectivity index (χ0n) is 14.5. The number of nitrogens with one attached hydrogen (secondary N) is 6. The summed E-state index contributed by atoms with van der Waals surface area (Å²) < 4.78 is 0. The minimum atomic E-state index is -0.124. The maximum Gasteiger partial charge on any atom is 0.271 e. The molecule has 27 heavy (non-hydrogen) atoms. The Bertz CT molecular complexity index is 1160. The number of nitrogens with zero attached hydrogens (tertiary/aromatic N) is 3. The first-order valence-corrected chi connectivity index (χ1v) is 8.51. The van der Waals surface area contributed by atoms with Crippen molar-refractivity contribution in [1.82, 2.24) is 25.4 Å². The number of amidine groups is 1. The predicted octanol–water partition coefficient (Wildman–Crippen LogP) is 0.209. The Balaban J connectivity index is 1.43.